The average Bonchev–Trinajstić information content (AvgIpc) is 2.78. The molecule has 7 nitrogen and oxygen atoms in total. The fourth-order valence-electron chi connectivity index (χ4n) is 2.49. The summed E-state index contributed by atoms with van der Waals surface area (Å²) in [5, 5.41) is 9.81. The standard InChI is InChI=1S/C12H22N2O5S/c1-12(16)3-4-13(10-12)11(15)2-9-20(17,18)14-5-7-19-8-6-14/h16H,2-10H2,1H3. The zero-order valence-electron chi connectivity index (χ0n) is 11.7. The number of β-amino-alcohol motifs (C(OH)–C–C–N with tert-alkyl or cyclic N) is 1. The first-order chi connectivity index (χ1) is 9.30. The predicted octanol–water partition coefficient (Wildman–Crippen LogP) is -0.978. The quantitative estimate of drug-likeness (QED) is 0.721. The van der Waals surface area contributed by atoms with Crippen molar-refractivity contribution in [1.82, 2.24) is 9.21 Å². The number of ether oxygens (including phenoxy) is 1. The van der Waals surface area contributed by atoms with Gasteiger partial charge in [0.05, 0.1) is 24.6 Å². The molecule has 0 radical (unpaired) electrons. The Bertz CT molecular complexity index is 456. The van der Waals surface area contributed by atoms with Crippen molar-refractivity contribution in [3.05, 3.63) is 0 Å². The lowest BCUT2D eigenvalue weighted by Gasteiger charge is -2.26. The minimum absolute atomic E-state index is 0.0320. The topological polar surface area (TPSA) is 87.2 Å². The first kappa shape index (κ1) is 15.7. The highest BCUT2D eigenvalue weighted by atomic mass is 32.2. The van der Waals surface area contributed by atoms with E-state index in [0.29, 0.717) is 39.3 Å². The van der Waals surface area contributed by atoms with Gasteiger partial charge >= 0.3 is 0 Å². The fourth-order valence-corrected chi connectivity index (χ4v) is 3.88. The molecule has 20 heavy (non-hydrogen) atoms. The Morgan fingerprint density at radius 1 is 1.30 bits per heavy atom. The molecule has 2 rings (SSSR count). The monoisotopic (exact) mass is 306 g/mol. The largest absolute Gasteiger partial charge is 0.388 e. The fraction of sp³-hybridized carbons (Fsp3) is 0.917. The summed E-state index contributed by atoms with van der Waals surface area (Å²) in [7, 11) is -3.39. The molecule has 2 heterocycles. The number of carbonyl (C=O) groups excluding carboxylic acids is 1. The number of carbonyl (C=O) groups is 1. The van der Waals surface area contributed by atoms with Crippen LogP contribution in [-0.2, 0) is 19.6 Å². The van der Waals surface area contributed by atoms with Crippen molar-refractivity contribution < 1.29 is 23.1 Å². The third-order valence-electron chi connectivity index (χ3n) is 3.74. The van der Waals surface area contributed by atoms with Gasteiger partial charge in [0.2, 0.25) is 15.9 Å². The molecule has 2 saturated heterocycles. The van der Waals surface area contributed by atoms with Gasteiger partial charge in [-0.2, -0.15) is 4.31 Å². The van der Waals surface area contributed by atoms with Crippen LogP contribution in [0.15, 0.2) is 0 Å². The predicted molar refractivity (Wildman–Crippen MR) is 72.6 cm³/mol. The van der Waals surface area contributed by atoms with E-state index in [1.165, 1.54) is 9.21 Å². The average molecular weight is 306 g/mol. The van der Waals surface area contributed by atoms with Gasteiger partial charge in [0.15, 0.2) is 0 Å². The van der Waals surface area contributed by atoms with Crippen LogP contribution in [0.1, 0.15) is 19.8 Å². The summed E-state index contributed by atoms with van der Waals surface area (Å²) in [5.41, 5.74) is -0.848. The maximum absolute atomic E-state index is 12.1. The van der Waals surface area contributed by atoms with Crippen molar-refractivity contribution in [1.29, 1.82) is 0 Å². The van der Waals surface area contributed by atoms with Gasteiger partial charge in [-0.3, -0.25) is 4.79 Å². The molecule has 1 unspecified atom stereocenters. The lowest BCUT2D eigenvalue weighted by Crippen LogP contribution is -2.42. The number of rotatable bonds is 4. The summed E-state index contributed by atoms with van der Waals surface area (Å²) in [6, 6.07) is 0. The van der Waals surface area contributed by atoms with Crippen molar-refractivity contribution >= 4 is 15.9 Å². The van der Waals surface area contributed by atoms with Crippen molar-refractivity contribution in [2.24, 2.45) is 0 Å². The SMILES string of the molecule is CC1(O)CCN(C(=O)CCS(=O)(=O)N2CCOCC2)C1. The van der Waals surface area contributed by atoms with E-state index in [9.17, 15) is 18.3 Å². The Morgan fingerprint density at radius 2 is 1.95 bits per heavy atom. The second kappa shape index (κ2) is 5.97. The normalized spacial score (nSPS) is 28.8. The minimum Gasteiger partial charge on any atom is -0.388 e. The molecule has 1 amide bonds. The van der Waals surface area contributed by atoms with Crippen LogP contribution in [0.25, 0.3) is 0 Å². The smallest absolute Gasteiger partial charge is 0.223 e. The number of hydrogen-bond acceptors (Lipinski definition) is 5. The molecule has 8 heteroatoms. The van der Waals surface area contributed by atoms with Crippen LogP contribution in [0.5, 0.6) is 0 Å². The van der Waals surface area contributed by atoms with Gasteiger partial charge in [-0.05, 0) is 13.3 Å². The van der Waals surface area contributed by atoms with Gasteiger partial charge in [0.1, 0.15) is 0 Å². The lowest BCUT2D eigenvalue weighted by atomic mass is 10.1. The molecule has 0 aromatic heterocycles. The lowest BCUT2D eigenvalue weighted by molar-refractivity contribution is -0.130. The number of likely N-dealkylation sites (tertiary alicyclic amines) is 1. The number of sulfonamides is 1. The highest BCUT2D eigenvalue weighted by Crippen LogP contribution is 2.21. The first-order valence-electron chi connectivity index (χ1n) is 6.86. The number of morpholine rings is 1. The Labute approximate surface area is 119 Å². The van der Waals surface area contributed by atoms with Gasteiger partial charge < -0.3 is 14.7 Å². The van der Waals surface area contributed by atoms with Crippen LogP contribution < -0.4 is 0 Å². The Kier molecular flexibility index (Phi) is 4.68. The van der Waals surface area contributed by atoms with Crippen molar-refractivity contribution in [2.45, 2.75) is 25.4 Å². The minimum atomic E-state index is -3.39. The van der Waals surface area contributed by atoms with Crippen LogP contribution >= 0.6 is 0 Å². The second-order valence-corrected chi connectivity index (χ2v) is 7.73. The molecule has 116 valence electrons. The summed E-state index contributed by atoms with van der Waals surface area (Å²) in [4.78, 5) is 13.5. The van der Waals surface area contributed by atoms with Gasteiger partial charge in [0, 0.05) is 32.6 Å². The summed E-state index contributed by atoms with van der Waals surface area (Å²) in [5.74, 6) is -0.385. The Balaban J connectivity index is 1.83. The van der Waals surface area contributed by atoms with Crippen molar-refractivity contribution in [3.63, 3.8) is 0 Å². The van der Waals surface area contributed by atoms with E-state index in [1.807, 2.05) is 0 Å². The van der Waals surface area contributed by atoms with Gasteiger partial charge in [-0.1, -0.05) is 0 Å². The molecule has 0 aromatic rings. The maximum Gasteiger partial charge on any atom is 0.223 e. The Morgan fingerprint density at radius 3 is 2.50 bits per heavy atom. The van der Waals surface area contributed by atoms with Crippen LogP contribution in [0.2, 0.25) is 0 Å². The van der Waals surface area contributed by atoms with Gasteiger partial charge in [-0.15, -0.1) is 0 Å². The van der Waals surface area contributed by atoms with E-state index < -0.39 is 15.6 Å². The summed E-state index contributed by atoms with van der Waals surface area (Å²) >= 11 is 0. The molecule has 2 fully saturated rings. The molecule has 0 bridgehead atoms. The molecule has 1 atom stereocenters. The van der Waals surface area contributed by atoms with Crippen molar-refractivity contribution in [3.8, 4) is 0 Å². The van der Waals surface area contributed by atoms with Crippen LogP contribution in [0.3, 0.4) is 0 Å². The molecule has 0 aromatic carbocycles. The van der Waals surface area contributed by atoms with E-state index >= 15 is 0 Å². The van der Waals surface area contributed by atoms with E-state index in [-0.39, 0.29) is 24.6 Å². The van der Waals surface area contributed by atoms with E-state index in [0.717, 1.165) is 0 Å². The molecule has 0 saturated carbocycles. The highest BCUT2D eigenvalue weighted by molar-refractivity contribution is 7.89. The molecule has 2 aliphatic heterocycles. The third kappa shape index (κ3) is 3.91. The van der Waals surface area contributed by atoms with Gasteiger partial charge in [-0.25, -0.2) is 8.42 Å². The summed E-state index contributed by atoms with van der Waals surface area (Å²) in [6.45, 7) is 3.98. The zero-order valence-corrected chi connectivity index (χ0v) is 12.6. The molecule has 2 aliphatic rings. The number of nitrogens with zero attached hydrogens (tertiary/aromatic N) is 2. The molecular formula is C12H22N2O5S. The van der Waals surface area contributed by atoms with E-state index in [4.69, 9.17) is 4.74 Å². The van der Waals surface area contributed by atoms with E-state index in [1.54, 1.807) is 6.92 Å². The maximum atomic E-state index is 12.1. The number of hydrogen-bond donors (Lipinski definition) is 1. The summed E-state index contributed by atoms with van der Waals surface area (Å²) in [6.07, 6.45) is 0.505. The molecule has 1 N–H and O–H groups in total. The highest BCUT2D eigenvalue weighted by Gasteiger charge is 2.34. The number of amides is 1. The van der Waals surface area contributed by atoms with Gasteiger partial charge in [0.25, 0.3) is 0 Å². The van der Waals surface area contributed by atoms with E-state index in [2.05, 4.69) is 0 Å². The van der Waals surface area contributed by atoms with Crippen molar-refractivity contribution in [2.75, 3.05) is 45.1 Å². The Hall–Kier alpha value is -0.700. The molecule has 0 aliphatic carbocycles. The molecular weight excluding hydrogens is 284 g/mol. The van der Waals surface area contributed by atoms with Crippen LogP contribution in [0, 0.1) is 0 Å². The van der Waals surface area contributed by atoms with Crippen LogP contribution in [-0.4, -0.2) is 79.4 Å². The first-order valence-corrected chi connectivity index (χ1v) is 8.47. The van der Waals surface area contributed by atoms with Crippen LogP contribution in [0.4, 0.5) is 0 Å². The number of aliphatic hydroxyl groups is 1. The second-order valence-electron chi connectivity index (χ2n) is 5.64. The molecule has 0 spiro atoms. The third-order valence-corrected chi connectivity index (χ3v) is 5.61. The zero-order chi connectivity index (χ0) is 14.8. The summed E-state index contributed by atoms with van der Waals surface area (Å²) < 4.78 is 30.7.